The van der Waals surface area contributed by atoms with E-state index in [1.807, 2.05) is 4.90 Å². The molecule has 0 radical (unpaired) electrons. The second-order valence-electron chi connectivity index (χ2n) is 5.79. The van der Waals surface area contributed by atoms with E-state index < -0.39 is 0 Å². The van der Waals surface area contributed by atoms with Crippen LogP contribution in [-0.2, 0) is 4.79 Å². The van der Waals surface area contributed by atoms with Crippen molar-refractivity contribution >= 4 is 5.91 Å². The molecule has 18 heavy (non-hydrogen) atoms. The number of likely N-dealkylation sites (tertiary alicyclic amines) is 1. The molecule has 1 amide bonds. The summed E-state index contributed by atoms with van der Waals surface area (Å²) >= 11 is 0. The summed E-state index contributed by atoms with van der Waals surface area (Å²) in [6.45, 7) is 4.94. The van der Waals surface area contributed by atoms with Crippen molar-refractivity contribution in [1.29, 1.82) is 0 Å². The number of nitrogens with zero attached hydrogens (tertiary/aromatic N) is 1. The van der Waals surface area contributed by atoms with Gasteiger partial charge in [0, 0.05) is 13.1 Å². The molecule has 2 aliphatic rings. The molecular weight excluding hydrogens is 228 g/mol. The van der Waals surface area contributed by atoms with Crippen LogP contribution in [0.4, 0.5) is 0 Å². The van der Waals surface area contributed by atoms with Crippen LogP contribution in [0.5, 0.6) is 0 Å². The number of aliphatic hydroxyl groups excluding tert-OH is 1. The molecule has 2 N–H and O–H groups in total. The fourth-order valence-corrected chi connectivity index (χ4v) is 3.55. The van der Waals surface area contributed by atoms with Crippen LogP contribution >= 0.6 is 0 Å². The average Bonchev–Trinajstić information content (AvgIpc) is 2.87. The van der Waals surface area contributed by atoms with Crippen molar-refractivity contribution in [1.82, 2.24) is 10.2 Å². The number of carbonyl (C=O) groups excluding carboxylic acids is 1. The van der Waals surface area contributed by atoms with Gasteiger partial charge in [-0.2, -0.15) is 0 Å². The molecule has 2 rings (SSSR count). The van der Waals surface area contributed by atoms with Gasteiger partial charge < -0.3 is 15.3 Å². The van der Waals surface area contributed by atoms with Crippen molar-refractivity contribution in [2.45, 2.75) is 51.5 Å². The van der Waals surface area contributed by atoms with Gasteiger partial charge in [-0.3, -0.25) is 4.79 Å². The number of aliphatic hydroxyl groups is 1. The van der Waals surface area contributed by atoms with Gasteiger partial charge in [-0.15, -0.1) is 0 Å². The maximum atomic E-state index is 12.9. The fraction of sp³-hybridized carbons (Fsp3) is 0.929. The van der Waals surface area contributed by atoms with E-state index in [2.05, 4.69) is 12.2 Å². The lowest BCUT2D eigenvalue weighted by atomic mass is 9.75. The minimum absolute atomic E-state index is 0.0631. The van der Waals surface area contributed by atoms with E-state index in [1.165, 1.54) is 0 Å². The SMILES string of the molecule is CCCC1(C(=O)N2CCCC2CO)CCCNC1. The predicted molar refractivity (Wildman–Crippen MR) is 71.3 cm³/mol. The Kier molecular flexibility index (Phi) is 4.62. The standard InChI is InChI=1S/C14H26N2O2/c1-2-6-14(7-4-8-15-11-14)13(18)16-9-3-5-12(16)10-17/h12,15,17H,2-11H2,1H3. The van der Waals surface area contributed by atoms with E-state index in [4.69, 9.17) is 0 Å². The molecule has 0 aromatic heterocycles. The Hall–Kier alpha value is -0.610. The number of hydrogen-bond donors (Lipinski definition) is 2. The summed E-state index contributed by atoms with van der Waals surface area (Å²) in [6, 6.07) is 0.0631. The second-order valence-corrected chi connectivity index (χ2v) is 5.79. The zero-order chi connectivity index (χ0) is 13.0. The Morgan fingerprint density at radius 2 is 2.33 bits per heavy atom. The van der Waals surface area contributed by atoms with Gasteiger partial charge in [-0.1, -0.05) is 13.3 Å². The predicted octanol–water partition coefficient (Wildman–Crippen LogP) is 1.14. The number of piperidine rings is 1. The van der Waals surface area contributed by atoms with Crippen molar-refractivity contribution in [2.75, 3.05) is 26.2 Å². The monoisotopic (exact) mass is 254 g/mol. The van der Waals surface area contributed by atoms with Crippen LogP contribution in [0.25, 0.3) is 0 Å². The molecule has 2 aliphatic heterocycles. The highest BCUT2D eigenvalue weighted by molar-refractivity contribution is 5.83. The molecule has 104 valence electrons. The van der Waals surface area contributed by atoms with Gasteiger partial charge in [0.2, 0.25) is 5.91 Å². The third-order valence-corrected chi connectivity index (χ3v) is 4.50. The van der Waals surface area contributed by atoms with Gasteiger partial charge in [-0.25, -0.2) is 0 Å². The van der Waals surface area contributed by atoms with Crippen molar-refractivity contribution in [3.63, 3.8) is 0 Å². The Balaban J connectivity index is 2.12. The van der Waals surface area contributed by atoms with Crippen LogP contribution in [0.15, 0.2) is 0 Å². The lowest BCUT2D eigenvalue weighted by Gasteiger charge is -2.40. The lowest BCUT2D eigenvalue weighted by molar-refractivity contribution is -0.145. The van der Waals surface area contributed by atoms with Crippen LogP contribution in [0.2, 0.25) is 0 Å². The highest BCUT2D eigenvalue weighted by Crippen LogP contribution is 2.36. The third-order valence-electron chi connectivity index (χ3n) is 4.50. The summed E-state index contributed by atoms with van der Waals surface area (Å²) in [6.07, 6.45) is 6.09. The minimum atomic E-state index is -0.204. The van der Waals surface area contributed by atoms with Gasteiger partial charge in [-0.05, 0) is 38.6 Å². The van der Waals surface area contributed by atoms with E-state index >= 15 is 0 Å². The Morgan fingerprint density at radius 1 is 1.50 bits per heavy atom. The van der Waals surface area contributed by atoms with Crippen molar-refractivity contribution < 1.29 is 9.90 Å². The van der Waals surface area contributed by atoms with Crippen LogP contribution in [-0.4, -0.2) is 48.2 Å². The van der Waals surface area contributed by atoms with Crippen molar-refractivity contribution in [2.24, 2.45) is 5.41 Å². The Morgan fingerprint density at radius 3 is 2.94 bits per heavy atom. The highest BCUT2D eigenvalue weighted by atomic mass is 16.3. The first-order valence-electron chi connectivity index (χ1n) is 7.36. The summed E-state index contributed by atoms with van der Waals surface area (Å²) < 4.78 is 0. The van der Waals surface area contributed by atoms with E-state index in [1.54, 1.807) is 0 Å². The molecule has 2 heterocycles. The molecule has 0 bridgehead atoms. The maximum absolute atomic E-state index is 12.9. The van der Waals surface area contributed by atoms with E-state index in [-0.39, 0.29) is 24.0 Å². The molecule has 2 atom stereocenters. The first kappa shape index (κ1) is 13.8. The van der Waals surface area contributed by atoms with Gasteiger partial charge in [0.05, 0.1) is 18.1 Å². The average molecular weight is 254 g/mol. The van der Waals surface area contributed by atoms with Gasteiger partial charge in [0.1, 0.15) is 0 Å². The minimum Gasteiger partial charge on any atom is -0.394 e. The van der Waals surface area contributed by atoms with E-state index in [9.17, 15) is 9.90 Å². The summed E-state index contributed by atoms with van der Waals surface area (Å²) in [5.41, 5.74) is -0.204. The molecule has 0 aromatic rings. The number of amides is 1. The topological polar surface area (TPSA) is 52.6 Å². The van der Waals surface area contributed by atoms with Crippen molar-refractivity contribution in [3.8, 4) is 0 Å². The molecule has 4 heteroatoms. The molecule has 0 aliphatic carbocycles. The van der Waals surface area contributed by atoms with E-state index in [0.717, 1.165) is 58.2 Å². The van der Waals surface area contributed by atoms with Crippen LogP contribution in [0, 0.1) is 5.41 Å². The molecule has 2 fully saturated rings. The quantitative estimate of drug-likeness (QED) is 0.791. The molecular formula is C14H26N2O2. The largest absolute Gasteiger partial charge is 0.394 e. The first-order chi connectivity index (χ1) is 8.73. The summed E-state index contributed by atoms with van der Waals surface area (Å²) in [5, 5.41) is 12.8. The summed E-state index contributed by atoms with van der Waals surface area (Å²) in [4.78, 5) is 14.8. The Labute approximate surface area is 110 Å². The molecule has 2 saturated heterocycles. The number of hydrogen-bond acceptors (Lipinski definition) is 3. The second kappa shape index (κ2) is 6.02. The molecule has 0 saturated carbocycles. The lowest BCUT2D eigenvalue weighted by Crippen LogP contribution is -2.53. The smallest absolute Gasteiger partial charge is 0.230 e. The molecule has 4 nitrogen and oxygen atoms in total. The van der Waals surface area contributed by atoms with Gasteiger partial charge in [0.15, 0.2) is 0 Å². The van der Waals surface area contributed by atoms with Crippen LogP contribution in [0.3, 0.4) is 0 Å². The number of carbonyl (C=O) groups is 1. The zero-order valence-electron chi connectivity index (χ0n) is 11.5. The van der Waals surface area contributed by atoms with Crippen LogP contribution < -0.4 is 5.32 Å². The summed E-state index contributed by atoms with van der Waals surface area (Å²) in [7, 11) is 0. The van der Waals surface area contributed by atoms with Gasteiger partial charge >= 0.3 is 0 Å². The molecule has 2 unspecified atom stereocenters. The highest BCUT2D eigenvalue weighted by Gasteiger charge is 2.43. The number of rotatable bonds is 4. The fourth-order valence-electron chi connectivity index (χ4n) is 3.55. The Bertz CT molecular complexity index is 282. The summed E-state index contributed by atoms with van der Waals surface area (Å²) in [5.74, 6) is 0.285. The molecule has 0 aromatic carbocycles. The molecule has 0 spiro atoms. The number of nitrogens with one attached hydrogen (secondary N) is 1. The van der Waals surface area contributed by atoms with E-state index in [0.29, 0.717) is 0 Å². The van der Waals surface area contributed by atoms with Crippen LogP contribution in [0.1, 0.15) is 45.4 Å². The third kappa shape index (κ3) is 2.54. The zero-order valence-corrected chi connectivity index (χ0v) is 11.5. The normalized spacial score (nSPS) is 32.8. The maximum Gasteiger partial charge on any atom is 0.230 e. The van der Waals surface area contributed by atoms with Gasteiger partial charge in [0.25, 0.3) is 0 Å². The first-order valence-corrected chi connectivity index (χ1v) is 7.36. The van der Waals surface area contributed by atoms with Crippen molar-refractivity contribution in [3.05, 3.63) is 0 Å².